The highest BCUT2D eigenvalue weighted by atomic mass is 15.3. The van der Waals surface area contributed by atoms with Crippen LogP contribution >= 0.6 is 0 Å². The van der Waals surface area contributed by atoms with Crippen molar-refractivity contribution in [3.63, 3.8) is 0 Å². The van der Waals surface area contributed by atoms with Crippen molar-refractivity contribution in [2.75, 3.05) is 9.80 Å². The average Bonchev–Trinajstić information content (AvgIpc) is 3.61. The molecule has 6 saturated carbocycles. The molecule has 12 unspecified atom stereocenters. The lowest BCUT2D eigenvalue weighted by Crippen LogP contribution is -2.72. The fourth-order valence-corrected chi connectivity index (χ4v) is 19.8. The molecule has 10 aliphatic rings. The first-order chi connectivity index (χ1) is 29.5. The zero-order valence-electron chi connectivity index (χ0n) is 40.9. The summed E-state index contributed by atoms with van der Waals surface area (Å²) in [6.07, 6.45) is 22.9. The molecule has 3 aromatic rings. The second-order valence-corrected chi connectivity index (χ2v) is 26.7. The molecule has 3 aromatic carbocycles. The molecule has 0 N–H and O–H groups in total. The molecule has 62 heavy (non-hydrogen) atoms. The summed E-state index contributed by atoms with van der Waals surface area (Å²) in [5.74, 6) is 6.39. The van der Waals surface area contributed by atoms with E-state index in [0.717, 1.165) is 47.3 Å². The van der Waals surface area contributed by atoms with Crippen LogP contribution in [0.2, 0.25) is 0 Å². The van der Waals surface area contributed by atoms with Crippen molar-refractivity contribution in [3.8, 4) is 0 Å². The summed E-state index contributed by atoms with van der Waals surface area (Å²) < 4.78 is 0. The fourth-order valence-electron chi connectivity index (χ4n) is 19.8. The van der Waals surface area contributed by atoms with Crippen LogP contribution in [0.25, 0.3) is 0 Å². The molecule has 328 valence electrons. The zero-order valence-corrected chi connectivity index (χ0v) is 40.9. The van der Waals surface area contributed by atoms with E-state index in [9.17, 15) is 0 Å². The maximum Gasteiger partial charge on any atom is 0.252 e. The van der Waals surface area contributed by atoms with Gasteiger partial charge in [0.1, 0.15) is 0 Å². The zero-order chi connectivity index (χ0) is 42.8. The van der Waals surface area contributed by atoms with Crippen LogP contribution in [0.1, 0.15) is 200 Å². The average molecular weight is 827 g/mol. The summed E-state index contributed by atoms with van der Waals surface area (Å²) in [6.45, 7) is 29.2. The highest BCUT2D eigenvalue weighted by Gasteiger charge is 2.74. The van der Waals surface area contributed by atoms with Gasteiger partial charge in [-0.3, -0.25) is 0 Å². The van der Waals surface area contributed by atoms with Gasteiger partial charge in [0, 0.05) is 33.6 Å². The molecule has 2 nitrogen and oxygen atoms in total. The van der Waals surface area contributed by atoms with Crippen molar-refractivity contribution in [1.82, 2.24) is 0 Å². The number of aryl methyl sites for hydroxylation is 1. The first-order valence-corrected chi connectivity index (χ1v) is 26.6. The Morgan fingerprint density at radius 3 is 1.18 bits per heavy atom. The van der Waals surface area contributed by atoms with Crippen LogP contribution in [0.5, 0.6) is 0 Å². The van der Waals surface area contributed by atoms with Gasteiger partial charge in [-0.25, -0.2) is 0 Å². The molecule has 13 rings (SSSR count). The van der Waals surface area contributed by atoms with E-state index in [1.807, 2.05) is 0 Å². The lowest BCUT2D eigenvalue weighted by atomic mass is 9.33. The van der Waals surface area contributed by atoms with Crippen LogP contribution in [0, 0.1) is 54.3 Å². The number of hydrogen-bond acceptors (Lipinski definition) is 2. The van der Waals surface area contributed by atoms with Gasteiger partial charge in [0.25, 0.3) is 6.71 Å². The molecule has 12 atom stereocenters. The maximum absolute atomic E-state index is 3.17. The van der Waals surface area contributed by atoms with Gasteiger partial charge in [-0.15, -0.1) is 0 Å². The number of fused-ring (bicyclic) bond motifs is 20. The summed E-state index contributed by atoms with van der Waals surface area (Å²) in [6, 6.07) is 16.7. The minimum Gasteiger partial charge on any atom is -0.335 e. The number of rotatable bonds is 0. The smallest absolute Gasteiger partial charge is 0.252 e. The Kier molecular flexibility index (Phi) is 7.93. The van der Waals surface area contributed by atoms with Crippen LogP contribution < -0.4 is 26.2 Å². The van der Waals surface area contributed by atoms with Gasteiger partial charge in [0.05, 0.1) is 11.1 Å². The predicted molar refractivity (Wildman–Crippen MR) is 264 cm³/mol. The summed E-state index contributed by atoms with van der Waals surface area (Å²) >= 11 is 0. The van der Waals surface area contributed by atoms with Crippen molar-refractivity contribution in [2.45, 2.75) is 212 Å². The predicted octanol–water partition coefficient (Wildman–Crippen LogP) is 13.3. The summed E-state index contributed by atoms with van der Waals surface area (Å²) in [5.41, 5.74) is 20.0. The monoisotopic (exact) mass is 827 g/mol. The quantitative estimate of drug-likeness (QED) is 0.208. The molecule has 0 bridgehead atoms. The SMILES string of the molecule is Cc1cc2c3c(c1)N1c4c(cc(C(C)(C)C)cc4C4(C)C5CCCCC5C5CCCCC5C14C)B3c1cc(C(C)(C)C)cc3c1N2C1(C)C2CCCCC2C2CCCCC2C31C. The highest BCUT2D eigenvalue weighted by molar-refractivity contribution is 7.00. The topological polar surface area (TPSA) is 6.48 Å². The van der Waals surface area contributed by atoms with Gasteiger partial charge in [-0.1, -0.05) is 131 Å². The van der Waals surface area contributed by atoms with Crippen LogP contribution in [-0.4, -0.2) is 17.8 Å². The molecule has 4 heterocycles. The Labute approximate surface area is 377 Å². The second-order valence-electron chi connectivity index (χ2n) is 26.7. The first-order valence-electron chi connectivity index (χ1n) is 26.6. The molecule has 4 aliphatic heterocycles. The molecule has 0 saturated heterocycles. The normalized spacial score (nSPS) is 40.6. The van der Waals surface area contributed by atoms with Crippen LogP contribution in [0.4, 0.5) is 22.7 Å². The van der Waals surface area contributed by atoms with Crippen molar-refractivity contribution in [1.29, 1.82) is 0 Å². The van der Waals surface area contributed by atoms with Gasteiger partial charge < -0.3 is 9.80 Å². The van der Waals surface area contributed by atoms with E-state index in [1.54, 1.807) is 61.4 Å². The lowest BCUT2D eigenvalue weighted by molar-refractivity contribution is -0.0770. The largest absolute Gasteiger partial charge is 0.335 e. The van der Waals surface area contributed by atoms with Gasteiger partial charge >= 0.3 is 0 Å². The van der Waals surface area contributed by atoms with Gasteiger partial charge in [-0.05, 0) is 187 Å². The minimum atomic E-state index is 0.0352. The molecule has 6 fully saturated rings. The van der Waals surface area contributed by atoms with Crippen molar-refractivity contribution in [2.24, 2.45) is 47.3 Å². The summed E-state index contributed by atoms with van der Waals surface area (Å²) in [5, 5.41) is 0. The molecule has 3 heteroatoms. The molecular weight excluding hydrogens is 747 g/mol. The molecule has 0 amide bonds. The number of benzene rings is 3. The Hall–Kier alpha value is -2.68. The highest BCUT2D eigenvalue weighted by Crippen LogP contribution is 2.74. The third kappa shape index (κ3) is 4.40. The maximum atomic E-state index is 3.17. The number of hydrogen-bond donors (Lipinski definition) is 0. The Morgan fingerprint density at radius 2 is 0.806 bits per heavy atom. The van der Waals surface area contributed by atoms with E-state index >= 15 is 0 Å². The Bertz CT molecular complexity index is 2270. The third-order valence-electron chi connectivity index (χ3n) is 22.6. The second kappa shape index (κ2) is 12.4. The molecule has 0 aromatic heterocycles. The van der Waals surface area contributed by atoms with E-state index in [4.69, 9.17) is 0 Å². The molecule has 6 aliphatic carbocycles. The number of nitrogens with zero attached hydrogens (tertiary/aromatic N) is 2. The van der Waals surface area contributed by atoms with E-state index in [-0.39, 0.29) is 39.5 Å². The standard InChI is InChI=1S/C59H79BN2/c1-34-28-49-51-50(29-34)62-53-46(57(9)42-25-17-13-21-38(42)40-23-15-19-27-44(40)59(57,62)11)31-36(55(5,6)7)33-48(53)60(51)47-32-35(54(2,3)4)30-45-52(47)61(49)58(10)43-26-18-14-22-39(43)37-20-12-16-24-41(37)56(45,58)8/h28-33,37-44H,12-27H2,1-11H3. The lowest BCUT2D eigenvalue weighted by Gasteiger charge is -2.66. The van der Waals surface area contributed by atoms with Gasteiger partial charge in [0.2, 0.25) is 0 Å². The van der Waals surface area contributed by atoms with Gasteiger partial charge in [-0.2, -0.15) is 0 Å². The fraction of sp³-hybridized carbons (Fsp3) is 0.695. The van der Waals surface area contributed by atoms with Crippen molar-refractivity contribution < 1.29 is 0 Å². The van der Waals surface area contributed by atoms with Gasteiger partial charge in [0.15, 0.2) is 0 Å². The van der Waals surface area contributed by atoms with Crippen LogP contribution in [0.3, 0.4) is 0 Å². The summed E-state index contributed by atoms with van der Waals surface area (Å²) in [7, 11) is 0. The van der Waals surface area contributed by atoms with Crippen LogP contribution in [-0.2, 0) is 21.7 Å². The first kappa shape index (κ1) is 39.7. The Balaban J connectivity index is 1.17. The molecule has 0 radical (unpaired) electrons. The minimum absolute atomic E-state index is 0.0352. The van der Waals surface area contributed by atoms with E-state index in [0.29, 0.717) is 0 Å². The summed E-state index contributed by atoms with van der Waals surface area (Å²) in [4.78, 5) is 6.33. The van der Waals surface area contributed by atoms with Crippen molar-refractivity contribution in [3.05, 3.63) is 64.2 Å². The molecule has 0 spiro atoms. The Morgan fingerprint density at radius 1 is 0.468 bits per heavy atom. The van der Waals surface area contributed by atoms with E-state index < -0.39 is 0 Å². The van der Waals surface area contributed by atoms with Crippen molar-refractivity contribution >= 4 is 45.9 Å². The third-order valence-corrected chi connectivity index (χ3v) is 22.6. The van der Waals surface area contributed by atoms with Crippen LogP contribution in [0.15, 0.2) is 36.4 Å². The molecular formula is C59H79BN2. The van der Waals surface area contributed by atoms with E-state index in [2.05, 4.69) is 122 Å². The van der Waals surface area contributed by atoms with E-state index in [1.165, 1.54) is 108 Å². The number of anilines is 4.